The van der Waals surface area contributed by atoms with Crippen LogP contribution in [0.2, 0.25) is 0 Å². The zero-order valence-corrected chi connectivity index (χ0v) is 10.7. The molecule has 0 aromatic carbocycles. The van der Waals surface area contributed by atoms with E-state index < -0.39 is 14.5 Å². The van der Waals surface area contributed by atoms with Gasteiger partial charge in [-0.05, 0) is 0 Å². The van der Waals surface area contributed by atoms with E-state index in [0.29, 0.717) is 0 Å². The molecule has 5 nitrogen and oxygen atoms in total. The van der Waals surface area contributed by atoms with Gasteiger partial charge in [0.1, 0.15) is 0 Å². The van der Waals surface area contributed by atoms with Gasteiger partial charge < -0.3 is 1.43 Å². The van der Waals surface area contributed by atoms with E-state index in [0.717, 1.165) is 20.4 Å². The Labute approximate surface area is 105 Å². The second kappa shape index (κ2) is 9.39. The van der Waals surface area contributed by atoms with Crippen LogP contribution in [0.4, 0.5) is 0 Å². The minimum atomic E-state index is -5.12. The molecule has 0 spiro atoms. The van der Waals surface area contributed by atoms with Crippen molar-refractivity contribution in [2.24, 2.45) is 0 Å². The van der Waals surface area contributed by atoms with Crippen molar-refractivity contribution in [1.29, 1.82) is 0 Å². The van der Waals surface area contributed by atoms with Gasteiger partial charge in [-0.3, -0.25) is 0 Å². The zero-order valence-electron chi connectivity index (χ0n) is 5.11. The Morgan fingerprint density at radius 1 is 1.25 bits per heavy atom. The van der Waals surface area contributed by atoms with Crippen molar-refractivity contribution >= 4 is 14.5 Å². The normalized spacial score (nSPS) is 7.75. The SMILES string of the molecule is O=[As](O)(O)O.[H-].[K+].[O]=[Ti]. The van der Waals surface area contributed by atoms with Gasteiger partial charge in [0.15, 0.2) is 0 Å². The molecule has 0 aromatic rings. The molecule has 0 heterocycles. The summed E-state index contributed by atoms with van der Waals surface area (Å²) in [6, 6.07) is 0. The topological polar surface area (TPSA) is 94.8 Å². The Morgan fingerprint density at radius 3 is 1.25 bits per heavy atom. The van der Waals surface area contributed by atoms with Gasteiger partial charge in [0.25, 0.3) is 0 Å². The summed E-state index contributed by atoms with van der Waals surface area (Å²) in [4.78, 5) is 0. The molecule has 0 amide bonds. The third-order valence-corrected chi connectivity index (χ3v) is 0. The van der Waals surface area contributed by atoms with Crippen LogP contribution in [-0.4, -0.2) is 26.8 Å². The summed E-state index contributed by atoms with van der Waals surface area (Å²) in [7, 11) is 0. The average Bonchev–Trinajstić information content (AvgIpc) is 1.36. The van der Waals surface area contributed by atoms with Crippen LogP contribution in [0.5, 0.6) is 0 Å². The predicted molar refractivity (Wildman–Crippen MR) is 14.9 cm³/mol. The molecule has 0 unspecified atom stereocenters. The molecule has 0 aliphatic rings. The molecule has 0 aliphatic heterocycles. The van der Waals surface area contributed by atoms with Crippen molar-refractivity contribution in [2.75, 3.05) is 0 Å². The first-order chi connectivity index (χ1) is 3.00. The fourth-order valence-corrected chi connectivity index (χ4v) is 0. The van der Waals surface area contributed by atoms with Crippen LogP contribution < -0.4 is 51.4 Å². The van der Waals surface area contributed by atoms with E-state index in [4.69, 9.17) is 19.4 Å². The van der Waals surface area contributed by atoms with Crippen molar-refractivity contribution in [1.82, 2.24) is 0 Å². The van der Waals surface area contributed by atoms with Crippen LogP contribution in [0.15, 0.2) is 0 Å². The molecule has 3 N–H and O–H groups in total. The number of hydrogen-bond donors (Lipinski definition) is 3. The second-order valence-corrected chi connectivity index (χ2v) is 2.67. The molecule has 8 heavy (non-hydrogen) atoms. The first-order valence-corrected chi connectivity index (χ1v) is 4.91. The van der Waals surface area contributed by atoms with E-state index in [1.54, 1.807) is 0 Å². The molecular formula is H4AsKO5Ti. The third-order valence-electron chi connectivity index (χ3n) is 0. The van der Waals surface area contributed by atoms with Gasteiger partial charge in [-0.1, -0.05) is 0 Å². The van der Waals surface area contributed by atoms with E-state index >= 15 is 0 Å². The maximum atomic E-state index is 8.94. The van der Waals surface area contributed by atoms with Crippen molar-refractivity contribution in [2.45, 2.75) is 0 Å². The Balaban J connectivity index is -0.0000000286. The fourth-order valence-electron chi connectivity index (χ4n) is 0. The van der Waals surface area contributed by atoms with Crippen LogP contribution in [0, 0.1) is 0 Å². The van der Waals surface area contributed by atoms with Gasteiger partial charge >= 0.3 is 106 Å². The zero-order chi connectivity index (χ0) is 6.50. The summed E-state index contributed by atoms with van der Waals surface area (Å²) >= 11 is -4.38. The fraction of sp³-hybridized carbons (Fsp3) is 0. The molecule has 0 fully saturated rings. The van der Waals surface area contributed by atoms with Crippen molar-refractivity contribution in [3.05, 3.63) is 0 Å². The summed E-state index contributed by atoms with van der Waals surface area (Å²) in [6.07, 6.45) is 0. The first-order valence-electron chi connectivity index (χ1n) is 0.987. The van der Waals surface area contributed by atoms with Gasteiger partial charge in [0.05, 0.1) is 0 Å². The molecular weight excluding hydrogens is 242 g/mol. The van der Waals surface area contributed by atoms with Crippen LogP contribution in [0.1, 0.15) is 1.43 Å². The summed E-state index contributed by atoms with van der Waals surface area (Å²) in [6.45, 7) is 0. The molecule has 0 aromatic heterocycles. The summed E-state index contributed by atoms with van der Waals surface area (Å²) in [5.74, 6) is 0. The molecule has 0 rings (SSSR count). The van der Waals surface area contributed by atoms with E-state index in [1.807, 2.05) is 0 Å². The molecule has 0 atom stereocenters. The number of rotatable bonds is 0. The second-order valence-electron chi connectivity index (χ2n) is 0.513. The summed E-state index contributed by atoms with van der Waals surface area (Å²) in [5, 5.41) is 0. The van der Waals surface area contributed by atoms with Crippen LogP contribution in [0.3, 0.4) is 0 Å². The Morgan fingerprint density at radius 2 is 1.25 bits per heavy atom. The van der Waals surface area contributed by atoms with Crippen molar-refractivity contribution < 1.29 is 92.6 Å². The monoisotopic (exact) mass is 246 g/mol. The molecule has 0 bridgehead atoms. The summed E-state index contributed by atoms with van der Waals surface area (Å²) < 4.78 is 38.9. The van der Waals surface area contributed by atoms with Gasteiger partial charge in [0, 0.05) is 0 Å². The minimum absolute atomic E-state index is 0. The quantitative estimate of drug-likeness (QED) is 0.371. The van der Waals surface area contributed by atoms with E-state index in [-0.39, 0.29) is 52.8 Å². The van der Waals surface area contributed by atoms with Gasteiger partial charge in [-0.25, -0.2) is 0 Å². The Bertz CT molecular complexity index is 72.8. The first kappa shape index (κ1) is 16.8. The number of hydrogen-bond acceptors (Lipinski definition) is 2. The van der Waals surface area contributed by atoms with Crippen LogP contribution in [-0.2, 0) is 27.5 Å². The van der Waals surface area contributed by atoms with Crippen LogP contribution in [0.25, 0.3) is 0 Å². The van der Waals surface area contributed by atoms with Gasteiger partial charge in [-0.2, -0.15) is 0 Å². The molecule has 0 aliphatic carbocycles. The molecule has 0 radical (unpaired) electrons. The maximum absolute atomic E-state index is 8.94. The third kappa shape index (κ3) is 80.2. The molecule has 0 saturated heterocycles. The Hall–Kier alpha value is 2.39. The standard InChI is InChI=1S/AsH3O4.K.O.Ti.H/c2-1(3,4)5;;;;/h(H3,2,3,4,5);;;;/q;+1;;;-1. The van der Waals surface area contributed by atoms with Gasteiger partial charge in [0.2, 0.25) is 0 Å². The van der Waals surface area contributed by atoms with E-state index in [1.165, 1.54) is 0 Å². The van der Waals surface area contributed by atoms with E-state index in [2.05, 4.69) is 0 Å². The van der Waals surface area contributed by atoms with Crippen molar-refractivity contribution in [3.8, 4) is 0 Å². The Kier molecular flexibility index (Phi) is 19.7. The van der Waals surface area contributed by atoms with Crippen LogP contribution >= 0.6 is 0 Å². The van der Waals surface area contributed by atoms with Gasteiger partial charge in [-0.15, -0.1) is 0 Å². The average molecular weight is 246 g/mol. The summed E-state index contributed by atoms with van der Waals surface area (Å²) in [5.41, 5.74) is 0. The molecule has 44 valence electrons. The van der Waals surface area contributed by atoms with E-state index in [9.17, 15) is 0 Å². The molecule has 8 heteroatoms. The predicted octanol–water partition coefficient (Wildman–Crippen LogP) is -5.18. The van der Waals surface area contributed by atoms with Crippen molar-refractivity contribution in [3.63, 3.8) is 0 Å². The molecule has 0 saturated carbocycles.